The van der Waals surface area contributed by atoms with Crippen molar-refractivity contribution in [2.45, 2.75) is 13.3 Å². The molecule has 2 heterocycles. The van der Waals surface area contributed by atoms with Gasteiger partial charge in [-0.15, -0.1) is 0 Å². The van der Waals surface area contributed by atoms with Crippen molar-refractivity contribution in [1.82, 2.24) is 14.8 Å². The van der Waals surface area contributed by atoms with Gasteiger partial charge in [-0.3, -0.25) is 14.4 Å². The van der Waals surface area contributed by atoms with Gasteiger partial charge in [-0.1, -0.05) is 42.5 Å². The van der Waals surface area contributed by atoms with Gasteiger partial charge in [0.25, 0.3) is 17.6 Å². The molecule has 0 atom stereocenters. The largest absolute Gasteiger partial charge is 0.360 e. The first kappa shape index (κ1) is 18.9. The standard InChI is InChI=1S/C23H23N3O3/c1-16-7-6-10-18-19(15-24-20(16)18)21(27)23(29)26-13-11-25(12-14-26)22(28)17-8-4-2-3-5-9-17/h2-4,6-10,15,24H,5,11-14H2,1H3. The summed E-state index contributed by atoms with van der Waals surface area (Å²) in [6.07, 6.45) is 11.8. The third-order valence-electron chi connectivity index (χ3n) is 5.46. The number of rotatable bonds is 3. The zero-order chi connectivity index (χ0) is 20.4. The Bertz CT molecular complexity index is 1070. The number of nitrogens with zero attached hydrogens (tertiary/aromatic N) is 2. The number of amides is 2. The molecule has 1 fully saturated rings. The molecule has 148 valence electrons. The van der Waals surface area contributed by atoms with E-state index in [0.717, 1.165) is 22.9 Å². The van der Waals surface area contributed by atoms with E-state index in [4.69, 9.17) is 0 Å². The molecular weight excluding hydrogens is 366 g/mol. The SMILES string of the molecule is Cc1cccc2c(C(=O)C(=O)N3CCN(C(=O)C4=CCC=CC=C4)CC3)c[nH]c12. The maximum atomic E-state index is 12.8. The van der Waals surface area contributed by atoms with Crippen LogP contribution >= 0.6 is 0 Å². The average Bonchev–Trinajstić information content (AvgIpc) is 3.00. The van der Waals surface area contributed by atoms with Crippen LogP contribution in [-0.4, -0.2) is 58.6 Å². The third-order valence-corrected chi connectivity index (χ3v) is 5.46. The van der Waals surface area contributed by atoms with E-state index in [1.54, 1.807) is 16.0 Å². The number of hydrogen-bond donors (Lipinski definition) is 1. The highest BCUT2D eigenvalue weighted by molar-refractivity contribution is 6.44. The van der Waals surface area contributed by atoms with Crippen molar-refractivity contribution in [2.24, 2.45) is 0 Å². The van der Waals surface area contributed by atoms with Crippen molar-refractivity contribution in [1.29, 1.82) is 0 Å². The third kappa shape index (κ3) is 3.66. The van der Waals surface area contributed by atoms with Gasteiger partial charge in [-0.2, -0.15) is 0 Å². The second-order valence-corrected chi connectivity index (χ2v) is 7.30. The number of piperazine rings is 1. The highest BCUT2D eigenvalue weighted by Gasteiger charge is 2.30. The minimum atomic E-state index is -0.516. The van der Waals surface area contributed by atoms with Gasteiger partial charge in [0.2, 0.25) is 0 Å². The van der Waals surface area contributed by atoms with Crippen molar-refractivity contribution < 1.29 is 14.4 Å². The van der Waals surface area contributed by atoms with E-state index in [1.165, 1.54) is 0 Å². The molecule has 0 saturated carbocycles. The maximum absolute atomic E-state index is 12.8. The van der Waals surface area contributed by atoms with Crippen LogP contribution in [0.2, 0.25) is 0 Å². The number of benzene rings is 1. The van der Waals surface area contributed by atoms with Gasteiger partial charge in [-0.05, 0) is 25.0 Å². The van der Waals surface area contributed by atoms with E-state index >= 15 is 0 Å². The molecule has 2 amide bonds. The van der Waals surface area contributed by atoms with Crippen LogP contribution in [0.1, 0.15) is 22.3 Å². The number of allylic oxidation sites excluding steroid dienone is 4. The maximum Gasteiger partial charge on any atom is 0.295 e. The number of nitrogens with one attached hydrogen (secondary N) is 1. The summed E-state index contributed by atoms with van der Waals surface area (Å²) < 4.78 is 0. The molecule has 6 heteroatoms. The van der Waals surface area contributed by atoms with Crippen LogP contribution in [0, 0.1) is 6.92 Å². The summed E-state index contributed by atoms with van der Waals surface area (Å²) in [5.41, 5.74) is 2.96. The molecular formula is C23H23N3O3. The number of carbonyl (C=O) groups is 3. The Hall–Kier alpha value is -3.41. The van der Waals surface area contributed by atoms with E-state index in [1.807, 2.05) is 55.5 Å². The zero-order valence-corrected chi connectivity index (χ0v) is 16.4. The lowest BCUT2D eigenvalue weighted by Crippen LogP contribution is -2.52. The van der Waals surface area contributed by atoms with Crippen molar-refractivity contribution in [3.8, 4) is 0 Å². The Balaban J connectivity index is 1.42. The fourth-order valence-electron chi connectivity index (χ4n) is 3.79. The van der Waals surface area contributed by atoms with Gasteiger partial charge < -0.3 is 14.8 Å². The molecule has 1 aliphatic heterocycles. The van der Waals surface area contributed by atoms with Crippen LogP contribution in [-0.2, 0) is 9.59 Å². The summed E-state index contributed by atoms with van der Waals surface area (Å²) in [5, 5.41) is 0.762. The molecule has 1 saturated heterocycles. The molecule has 1 aromatic carbocycles. The Kier molecular flexibility index (Phi) is 5.16. The lowest BCUT2D eigenvalue weighted by Gasteiger charge is -2.34. The van der Waals surface area contributed by atoms with Crippen molar-refractivity contribution in [3.63, 3.8) is 0 Å². The number of fused-ring (bicyclic) bond motifs is 1. The van der Waals surface area contributed by atoms with Crippen molar-refractivity contribution >= 4 is 28.5 Å². The fraction of sp³-hybridized carbons (Fsp3) is 0.261. The van der Waals surface area contributed by atoms with Crippen molar-refractivity contribution in [2.75, 3.05) is 26.2 Å². The summed E-state index contributed by atoms with van der Waals surface area (Å²) >= 11 is 0. The molecule has 1 N–H and O–H groups in total. The van der Waals surface area contributed by atoms with E-state index in [2.05, 4.69) is 4.98 Å². The molecule has 0 unspecified atom stereocenters. The van der Waals surface area contributed by atoms with Gasteiger partial charge in [0, 0.05) is 48.9 Å². The van der Waals surface area contributed by atoms with Gasteiger partial charge >= 0.3 is 0 Å². The van der Waals surface area contributed by atoms with Crippen LogP contribution < -0.4 is 0 Å². The molecule has 29 heavy (non-hydrogen) atoms. The van der Waals surface area contributed by atoms with Gasteiger partial charge in [0.1, 0.15) is 0 Å². The number of para-hydroxylation sites is 1. The lowest BCUT2D eigenvalue weighted by molar-refractivity contribution is -0.134. The van der Waals surface area contributed by atoms with Crippen molar-refractivity contribution in [3.05, 3.63) is 71.5 Å². The van der Waals surface area contributed by atoms with Gasteiger partial charge in [0.15, 0.2) is 0 Å². The molecule has 2 aromatic rings. The van der Waals surface area contributed by atoms with Gasteiger partial charge in [-0.25, -0.2) is 0 Å². The first-order chi connectivity index (χ1) is 14.1. The predicted molar refractivity (Wildman–Crippen MR) is 112 cm³/mol. The minimum Gasteiger partial charge on any atom is -0.360 e. The van der Waals surface area contributed by atoms with E-state index < -0.39 is 11.7 Å². The molecule has 0 radical (unpaired) electrons. The summed E-state index contributed by atoms with van der Waals surface area (Å²) in [6, 6.07) is 5.68. The van der Waals surface area contributed by atoms with E-state index in [0.29, 0.717) is 37.3 Å². The van der Waals surface area contributed by atoms with Gasteiger partial charge in [0.05, 0.1) is 5.56 Å². The Labute approximate surface area is 169 Å². The van der Waals surface area contributed by atoms with Crippen LogP contribution in [0.4, 0.5) is 0 Å². The molecule has 1 aromatic heterocycles. The fourth-order valence-corrected chi connectivity index (χ4v) is 3.79. The normalized spacial score (nSPS) is 16.7. The second-order valence-electron chi connectivity index (χ2n) is 7.30. The molecule has 0 spiro atoms. The summed E-state index contributed by atoms with van der Waals surface area (Å²) in [6.45, 7) is 3.51. The smallest absolute Gasteiger partial charge is 0.295 e. The topological polar surface area (TPSA) is 73.5 Å². The number of aromatic amines is 1. The number of aryl methyl sites for hydroxylation is 1. The Morgan fingerprint density at radius 2 is 1.76 bits per heavy atom. The average molecular weight is 389 g/mol. The Morgan fingerprint density at radius 3 is 2.55 bits per heavy atom. The summed E-state index contributed by atoms with van der Waals surface area (Å²) in [5.74, 6) is -1.06. The Morgan fingerprint density at radius 1 is 1.00 bits per heavy atom. The summed E-state index contributed by atoms with van der Waals surface area (Å²) in [7, 11) is 0. The zero-order valence-electron chi connectivity index (χ0n) is 16.4. The number of hydrogen-bond acceptors (Lipinski definition) is 3. The molecule has 2 aliphatic rings. The number of Topliss-reactive ketones (excluding diaryl/α,β-unsaturated/α-hetero) is 1. The highest BCUT2D eigenvalue weighted by Crippen LogP contribution is 2.22. The first-order valence-electron chi connectivity index (χ1n) is 9.79. The number of aromatic nitrogens is 1. The lowest BCUT2D eigenvalue weighted by atomic mass is 10.1. The predicted octanol–water partition coefficient (Wildman–Crippen LogP) is 2.77. The van der Waals surface area contributed by atoms with Crippen LogP contribution in [0.5, 0.6) is 0 Å². The van der Waals surface area contributed by atoms with Crippen LogP contribution in [0.25, 0.3) is 10.9 Å². The second kappa shape index (κ2) is 7.91. The highest BCUT2D eigenvalue weighted by atomic mass is 16.2. The summed E-state index contributed by atoms with van der Waals surface area (Å²) in [4.78, 5) is 44.7. The first-order valence-corrected chi connectivity index (χ1v) is 9.79. The van der Waals surface area contributed by atoms with Crippen LogP contribution in [0.3, 0.4) is 0 Å². The van der Waals surface area contributed by atoms with E-state index in [9.17, 15) is 14.4 Å². The minimum absolute atomic E-state index is 0.0320. The van der Waals surface area contributed by atoms with Crippen LogP contribution in [0.15, 0.2) is 60.3 Å². The molecule has 6 nitrogen and oxygen atoms in total. The molecule has 4 rings (SSSR count). The monoisotopic (exact) mass is 389 g/mol. The number of ketones is 1. The van der Waals surface area contributed by atoms with E-state index in [-0.39, 0.29) is 5.91 Å². The number of H-pyrrole nitrogens is 1. The number of carbonyl (C=O) groups excluding carboxylic acids is 3. The quantitative estimate of drug-likeness (QED) is 0.648. The molecule has 1 aliphatic carbocycles. The molecule has 0 bridgehead atoms.